The molecule has 1 heterocycles. The summed E-state index contributed by atoms with van der Waals surface area (Å²) >= 11 is 0. The van der Waals surface area contributed by atoms with E-state index in [-0.39, 0.29) is 5.56 Å². The van der Waals surface area contributed by atoms with Gasteiger partial charge in [0.25, 0.3) is 5.56 Å². The number of nitrogens with zero attached hydrogens (tertiary/aromatic N) is 2. The van der Waals surface area contributed by atoms with Crippen LogP contribution in [0.15, 0.2) is 29.1 Å². The van der Waals surface area contributed by atoms with Crippen LogP contribution in [0.25, 0.3) is 0 Å². The molecule has 1 aromatic carbocycles. The van der Waals surface area contributed by atoms with Crippen LogP contribution in [0, 0.1) is 20.8 Å². The van der Waals surface area contributed by atoms with Gasteiger partial charge in [0.05, 0.1) is 12.2 Å². The molecule has 4 heteroatoms. The second-order valence-corrected chi connectivity index (χ2v) is 4.88. The Hall–Kier alpha value is -1.94. The number of benzene rings is 1. The van der Waals surface area contributed by atoms with Crippen molar-refractivity contribution in [1.82, 2.24) is 9.78 Å². The van der Waals surface area contributed by atoms with E-state index in [0.717, 1.165) is 16.8 Å². The van der Waals surface area contributed by atoms with Gasteiger partial charge in [0.2, 0.25) is 0 Å². The first-order valence-electron chi connectivity index (χ1n) is 6.35. The summed E-state index contributed by atoms with van der Waals surface area (Å²) in [5.41, 5.74) is 10.6. The highest BCUT2D eigenvalue weighted by Gasteiger charge is 2.06. The Morgan fingerprint density at radius 1 is 1.16 bits per heavy atom. The molecule has 0 radical (unpaired) electrons. The highest BCUT2D eigenvalue weighted by Crippen LogP contribution is 2.11. The van der Waals surface area contributed by atoms with Gasteiger partial charge >= 0.3 is 0 Å². The minimum absolute atomic E-state index is 0.105. The van der Waals surface area contributed by atoms with Crippen LogP contribution in [0.5, 0.6) is 0 Å². The van der Waals surface area contributed by atoms with Crippen molar-refractivity contribution in [2.75, 3.05) is 0 Å². The molecule has 0 saturated heterocycles. The van der Waals surface area contributed by atoms with Crippen molar-refractivity contribution in [1.29, 1.82) is 0 Å². The van der Waals surface area contributed by atoms with E-state index in [2.05, 4.69) is 23.3 Å². The van der Waals surface area contributed by atoms with E-state index in [4.69, 9.17) is 5.73 Å². The first-order chi connectivity index (χ1) is 9.01. The first kappa shape index (κ1) is 13.5. The predicted molar refractivity (Wildman–Crippen MR) is 76.1 cm³/mol. The van der Waals surface area contributed by atoms with Crippen LogP contribution >= 0.6 is 0 Å². The zero-order chi connectivity index (χ0) is 14.0. The maximum Gasteiger partial charge on any atom is 0.267 e. The third kappa shape index (κ3) is 2.90. The average molecular weight is 257 g/mol. The van der Waals surface area contributed by atoms with Crippen LogP contribution in [-0.4, -0.2) is 9.78 Å². The molecular weight excluding hydrogens is 238 g/mol. The lowest BCUT2D eigenvalue weighted by Crippen LogP contribution is -2.25. The molecule has 2 rings (SSSR count). The van der Waals surface area contributed by atoms with Crippen molar-refractivity contribution in [3.8, 4) is 0 Å². The molecule has 2 N–H and O–H groups in total. The van der Waals surface area contributed by atoms with Crippen molar-refractivity contribution < 1.29 is 0 Å². The number of aryl methyl sites for hydroxylation is 3. The summed E-state index contributed by atoms with van der Waals surface area (Å²) in [6.45, 7) is 6.81. The monoisotopic (exact) mass is 257 g/mol. The average Bonchev–Trinajstić information content (AvgIpc) is 2.37. The molecule has 0 saturated carbocycles. The smallest absolute Gasteiger partial charge is 0.267 e. The van der Waals surface area contributed by atoms with E-state index in [0.29, 0.717) is 13.1 Å². The minimum Gasteiger partial charge on any atom is -0.326 e. The van der Waals surface area contributed by atoms with Crippen molar-refractivity contribution in [3.63, 3.8) is 0 Å². The summed E-state index contributed by atoms with van der Waals surface area (Å²) in [7, 11) is 0. The molecule has 0 bridgehead atoms. The summed E-state index contributed by atoms with van der Waals surface area (Å²) < 4.78 is 1.50. The Labute approximate surface area is 112 Å². The molecule has 0 fully saturated rings. The Morgan fingerprint density at radius 2 is 1.89 bits per heavy atom. The molecule has 0 spiro atoms. The Morgan fingerprint density at radius 3 is 2.58 bits per heavy atom. The molecule has 1 aromatic heterocycles. The standard InChI is InChI=1S/C15H19N3O/c1-10-4-5-11(2)14(6-10)9-18-15(19)7-13(8-16)12(3)17-18/h4-7H,8-9,16H2,1-3H3. The van der Waals surface area contributed by atoms with Gasteiger partial charge in [0.1, 0.15) is 0 Å². The van der Waals surface area contributed by atoms with E-state index < -0.39 is 0 Å². The summed E-state index contributed by atoms with van der Waals surface area (Å²) in [4.78, 5) is 12.0. The molecule has 100 valence electrons. The largest absolute Gasteiger partial charge is 0.326 e. The number of hydrogen-bond acceptors (Lipinski definition) is 3. The topological polar surface area (TPSA) is 60.9 Å². The lowest BCUT2D eigenvalue weighted by molar-refractivity contribution is 0.620. The Balaban J connectivity index is 2.41. The lowest BCUT2D eigenvalue weighted by atomic mass is 10.1. The second kappa shape index (κ2) is 5.36. The van der Waals surface area contributed by atoms with Gasteiger partial charge in [0, 0.05) is 12.6 Å². The molecule has 0 amide bonds. The maximum atomic E-state index is 12.0. The van der Waals surface area contributed by atoms with E-state index in [1.165, 1.54) is 15.8 Å². The molecule has 4 nitrogen and oxygen atoms in total. The third-order valence-electron chi connectivity index (χ3n) is 3.33. The fourth-order valence-electron chi connectivity index (χ4n) is 2.07. The van der Waals surface area contributed by atoms with Crippen LogP contribution in [0.2, 0.25) is 0 Å². The molecule has 0 aliphatic carbocycles. The van der Waals surface area contributed by atoms with E-state index in [1.54, 1.807) is 6.07 Å². The molecule has 0 aliphatic heterocycles. The quantitative estimate of drug-likeness (QED) is 0.910. The second-order valence-electron chi connectivity index (χ2n) is 4.88. The highest BCUT2D eigenvalue weighted by molar-refractivity contribution is 5.30. The summed E-state index contributed by atoms with van der Waals surface area (Å²) in [6.07, 6.45) is 0. The van der Waals surface area contributed by atoms with Gasteiger partial charge in [-0.2, -0.15) is 5.10 Å². The molecule has 0 atom stereocenters. The zero-order valence-electron chi connectivity index (χ0n) is 11.6. The van der Waals surface area contributed by atoms with Crippen molar-refractivity contribution in [2.24, 2.45) is 5.73 Å². The first-order valence-corrected chi connectivity index (χ1v) is 6.35. The molecule has 2 aromatic rings. The zero-order valence-corrected chi connectivity index (χ0v) is 11.6. The maximum absolute atomic E-state index is 12.0. The van der Waals surface area contributed by atoms with Gasteiger partial charge < -0.3 is 5.73 Å². The van der Waals surface area contributed by atoms with Crippen LogP contribution in [-0.2, 0) is 13.1 Å². The third-order valence-corrected chi connectivity index (χ3v) is 3.33. The van der Waals surface area contributed by atoms with Crippen LogP contribution in [0.1, 0.15) is 27.9 Å². The van der Waals surface area contributed by atoms with Gasteiger partial charge in [-0.15, -0.1) is 0 Å². The van der Waals surface area contributed by atoms with Crippen molar-refractivity contribution in [3.05, 3.63) is 62.6 Å². The number of nitrogens with two attached hydrogens (primary N) is 1. The normalized spacial score (nSPS) is 10.7. The summed E-state index contributed by atoms with van der Waals surface area (Å²) in [6, 6.07) is 7.80. The van der Waals surface area contributed by atoms with Crippen molar-refractivity contribution >= 4 is 0 Å². The summed E-state index contributed by atoms with van der Waals surface area (Å²) in [5, 5.41) is 4.33. The lowest BCUT2D eigenvalue weighted by Gasteiger charge is -2.11. The van der Waals surface area contributed by atoms with Crippen LogP contribution in [0.3, 0.4) is 0 Å². The van der Waals surface area contributed by atoms with E-state index in [9.17, 15) is 4.79 Å². The molecule has 0 aliphatic rings. The van der Waals surface area contributed by atoms with Gasteiger partial charge in [-0.05, 0) is 37.5 Å². The number of hydrogen-bond donors (Lipinski definition) is 1. The molecule has 19 heavy (non-hydrogen) atoms. The van der Waals surface area contributed by atoms with E-state index in [1.807, 2.05) is 20.8 Å². The van der Waals surface area contributed by atoms with Crippen LogP contribution < -0.4 is 11.3 Å². The molecule has 0 unspecified atom stereocenters. The van der Waals surface area contributed by atoms with Gasteiger partial charge in [-0.25, -0.2) is 4.68 Å². The van der Waals surface area contributed by atoms with E-state index >= 15 is 0 Å². The van der Waals surface area contributed by atoms with Gasteiger partial charge in [-0.1, -0.05) is 23.8 Å². The highest BCUT2D eigenvalue weighted by atomic mass is 16.1. The Bertz CT molecular complexity index is 659. The summed E-state index contributed by atoms with van der Waals surface area (Å²) in [5.74, 6) is 0. The fourth-order valence-corrected chi connectivity index (χ4v) is 2.07. The van der Waals surface area contributed by atoms with Crippen molar-refractivity contribution in [2.45, 2.75) is 33.9 Å². The van der Waals surface area contributed by atoms with Gasteiger partial charge in [0.15, 0.2) is 0 Å². The Kier molecular flexibility index (Phi) is 3.81. The SMILES string of the molecule is Cc1ccc(C)c(Cn2nc(C)c(CN)cc2=O)c1. The van der Waals surface area contributed by atoms with Crippen LogP contribution in [0.4, 0.5) is 0 Å². The minimum atomic E-state index is -0.105. The molecular formula is C15H19N3O. The predicted octanol–water partition coefficient (Wildman–Crippen LogP) is 1.68. The van der Waals surface area contributed by atoms with Gasteiger partial charge in [-0.3, -0.25) is 4.79 Å². The number of aromatic nitrogens is 2. The fraction of sp³-hybridized carbons (Fsp3) is 0.333. The number of rotatable bonds is 3.